The molecule has 128 valence electrons. The summed E-state index contributed by atoms with van der Waals surface area (Å²) in [6.45, 7) is 8.48. The van der Waals surface area contributed by atoms with E-state index in [1.165, 1.54) is 0 Å². The normalized spacial score (nSPS) is 14.0. The molecule has 24 heavy (non-hydrogen) atoms. The van der Waals surface area contributed by atoms with Crippen LogP contribution in [0.2, 0.25) is 5.02 Å². The third kappa shape index (κ3) is 4.35. The first-order valence-corrected chi connectivity index (χ1v) is 8.88. The highest BCUT2D eigenvalue weighted by molar-refractivity contribution is 6.30. The first kappa shape index (κ1) is 18.5. The highest BCUT2D eigenvalue weighted by atomic mass is 35.5. The molecule has 1 N–H and O–H groups in total. The van der Waals surface area contributed by atoms with E-state index in [1.807, 2.05) is 24.3 Å². The summed E-state index contributed by atoms with van der Waals surface area (Å²) in [7, 11) is 0. The highest BCUT2D eigenvalue weighted by Gasteiger charge is 2.17. The molecule has 0 spiro atoms. The maximum Gasteiger partial charge on any atom is 0.122 e. The van der Waals surface area contributed by atoms with E-state index in [1.54, 1.807) is 12.1 Å². The van der Waals surface area contributed by atoms with Gasteiger partial charge in [-0.25, -0.2) is 0 Å². The maximum absolute atomic E-state index is 10.6. The third-order valence-electron chi connectivity index (χ3n) is 4.55. The van der Waals surface area contributed by atoms with Gasteiger partial charge in [0.15, 0.2) is 0 Å². The summed E-state index contributed by atoms with van der Waals surface area (Å²) < 4.78 is 0. The number of aromatic hydroxyl groups is 1. The van der Waals surface area contributed by atoms with Crippen LogP contribution in [0.5, 0.6) is 5.75 Å². The topological polar surface area (TPSA) is 45.0 Å². The Bertz CT molecular complexity index is 679. The van der Waals surface area contributed by atoms with E-state index in [0.717, 1.165) is 35.3 Å². The van der Waals surface area contributed by atoms with Crippen molar-refractivity contribution in [3.63, 3.8) is 0 Å². The molecule has 0 bridgehead atoms. The molecule has 0 fully saturated rings. The first-order chi connectivity index (χ1) is 11.5. The minimum absolute atomic E-state index is 0.276. The molecule has 0 aromatic heterocycles. The molecule has 2 atom stereocenters. The van der Waals surface area contributed by atoms with E-state index in [2.05, 4.69) is 37.9 Å². The molecule has 2 aromatic rings. The first-order valence-electron chi connectivity index (χ1n) is 8.50. The number of azo groups is 1. The van der Waals surface area contributed by atoms with Crippen LogP contribution in [-0.4, -0.2) is 5.11 Å². The molecule has 0 aliphatic rings. The van der Waals surface area contributed by atoms with Gasteiger partial charge >= 0.3 is 0 Å². The molecule has 0 heterocycles. The van der Waals surface area contributed by atoms with Gasteiger partial charge in [-0.05, 0) is 72.2 Å². The van der Waals surface area contributed by atoms with Gasteiger partial charge in [-0.3, -0.25) is 0 Å². The zero-order chi connectivity index (χ0) is 17.7. The van der Waals surface area contributed by atoms with Crippen molar-refractivity contribution in [3.8, 4) is 5.75 Å². The number of nitrogens with zero attached hydrogens (tertiary/aromatic N) is 2. The predicted octanol–water partition coefficient (Wildman–Crippen LogP) is 7.49. The zero-order valence-electron chi connectivity index (χ0n) is 14.8. The lowest BCUT2D eigenvalue weighted by molar-refractivity contribution is 0.449. The highest BCUT2D eigenvalue weighted by Crippen LogP contribution is 2.39. The fourth-order valence-corrected chi connectivity index (χ4v) is 2.66. The van der Waals surface area contributed by atoms with E-state index in [-0.39, 0.29) is 11.8 Å². The molecular formula is C20H25ClN2O. The SMILES string of the molecule is CCC(C)c1cc(/N=N/c2ccc(Cl)cc2)cc(C(C)CC)c1O. The number of phenols is 1. The second kappa shape index (κ2) is 8.29. The molecule has 0 radical (unpaired) electrons. The average Bonchev–Trinajstić information content (AvgIpc) is 2.60. The van der Waals surface area contributed by atoms with Crippen molar-refractivity contribution >= 4 is 23.0 Å². The van der Waals surface area contributed by atoms with Crippen LogP contribution in [0.3, 0.4) is 0 Å². The third-order valence-corrected chi connectivity index (χ3v) is 4.80. The lowest BCUT2D eigenvalue weighted by atomic mass is 9.89. The second-order valence-electron chi connectivity index (χ2n) is 6.27. The van der Waals surface area contributed by atoms with Crippen molar-refractivity contribution in [2.75, 3.05) is 0 Å². The molecule has 0 saturated heterocycles. The van der Waals surface area contributed by atoms with Gasteiger partial charge in [0.05, 0.1) is 11.4 Å². The zero-order valence-corrected chi connectivity index (χ0v) is 15.5. The van der Waals surface area contributed by atoms with Crippen LogP contribution in [0.4, 0.5) is 11.4 Å². The summed E-state index contributed by atoms with van der Waals surface area (Å²) in [6.07, 6.45) is 1.93. The Morgan fingerprint density at radius 1 is 0.875 bits per heavy atom. The van der Waals surface area contributed by atoms with Crippen LogP contribution in [0, 0.1) is 0 Å². The minimum Gasteiger partial charge on any atom is -0.507 e. The van der Waals surface area contributed by atoms with Crippen molar-refractivity contribution in [3.05, 3.63) is 52.5 Å². The molecule has 3 nitrogen and oxygen atoms in total. The molecule has 2 aromatic carbocycles. The van der Waals surface area contributed by atoms with Gasteiger partial charge in [0.2, 0.25) is 0 Å². The van der Waals surface area contributed by atoms with Crippen LogP contribution < -0.4 is 0 Å². The van der Waals surface area contributed by atoms with E-state index in [0.29, 0.717) is 10.8 Å². The number of benzene rings is 2. The quantitative estimate of drug-likeness (QED) is 0.542. The lowest BCUT2D eigenvalue weighted by Gasteiger charge is -2.18. The van der Waals surface area contributed by atoms with Crippen LogP contribution in [0.25, 0.3) is 0 Å². The summed E-state index contributed by atoms with van der Waals surface area (Å²) in [5, 5.41) is 20.0. The molecule has 0 saturated carbocycles. The van der Waals surface area contributed by atoms with Gasteiger partial charge in [0.25, 0.3) is 0 Å². The van der Waals surface area contributed by atoms with E-state index in [9.17, 15) is 5.11 Å². The van der Waals surface area contributed by atoms with Gasteiger partial charge < -0.3 is 5.11 Å². The number of phenolic OH excluding ortho intramolecular Hbond substituents is 1. The Morgan fingerprint density at radius 2 is 1.33 bits per heavy atom. The van der Waals surface area contributed by atoms with Crippen LogP contribution >= 0.6 is 11.6 Å². The summed E-state index contributed by atoms with van der Waals surface area (Å²) in [5.41, 5.74) is 3.41. The van der Waals surface area contributed by atoms with Crippen molar-refractivity contribution < 1.29 is 5.11 Å². The minimum atomic E-state index is 0.276. The van der Waals surface area contributed by atoms with Crippen LogP contribution in [0.1, 0.15) is 63.5 Å². The second-order valence-corrected chi connectivity index (χ2v) is 6.70. The molecule has 0 amide bonds. The van der Waals surface area contributed by atoms with E-state index >= 15 is 0 Å². The summed E-state index contributed by atoms with van der Waals surface area (Å²) in [4.78, 5) is 0. The van der Waals surface area contributed by atoms with Gasteiger partial charge in [0.1, 0.15) is 5.75 Å². The molecule has 0 aliphatic carbocycles. The Morgan fingerprint density at radius 3 is 1.79 bits per heavy atom. The van der Waals surface area contributed by atoms with Crippen molar-refractivity contribution in [2.24, 2.45) is 10.2 Å². The Labute approximate surface area is 149 Å². The van der Waals surface area contributed by atoms with E-state index in [4.69, 9.17) is 11.6 Å². The average molecular weight is 345 g/mol. The lowest BCUT2D eigenvalue weighted by Crippen LogP contribution is -1.98. The molecule has 2 unspecified atom stereocenters. The van der Waals surface area contributed by atoms with Crippen molar-refractivity contribution in [1.82, 2.24) is 0 Å². The molecule has 4 heteroatoms. The molecule has 0 aliphatic heterocycles. The van der Waals surface area contributed by atoms with Gasteiger partial charge in [-0.2, -0.15) is 10.2 Å². The smallest absolute Gasteiger partial charge is 0.122 e. The number of halogens is 1. The predicted molar refractivity (Wildman–Crippen MR) is 101 cm³/mol. The molecule has 2 rings (SSSR count). The monoisotopic (exact) mass is 344 g/mol. The van der Waals surface area contributed by atoms with Gasteiger partial charge in [0, 0.05) is 5.02 Å². The summed E-state index contributed by atoms with van der Waals surface area (Å²) >= 11 is 5.89. The number of hydrogen-bond acceptors (Lipinski definition) is 3. The number of rotatable bonds is 6. The van der Waals surface area contributed by atoms with Gasteiger partial charge in [-0.15, -0.1) is 0 Å². The standard InChI is InChI=1S/C20H25ClN2O/c1-5-13(3)18-11-17(12-19(20(18)24)14(4)6-2)23-22-16-9-7-15(21)8-10-16/h7-14,24H,5-6H2,1-4H3/b23-22+. The summed E-state index contributed by atoms with van der Waals surface area (Å²) in [5.74, 6) is 0.959. The van der Waals surface area contributed by atoms with Crippen LogP contribution in [-0.2, 0) is 0 Å². The Balaban J connectivity index is 2.43. The number of hydrogen-bond donors (Lipinski definition) is 1. The fourth-order valence-electron chi connectivity index (χ4n) is 2.54. The van der Waals surface area contributed by atoms with Crippen molar-refractivity contribution in [1.29, 1.82) is 0 Å². The summed E-state index contributed by atoms with van der Waals surface area (Å²) in [6, 6.07) is 11.1. The van der Waals surface area contributed by atoms with E-state index < -0.39 is 0 Å². The fraction of sp³-hybridized carbons (Fsp3) is 0.400. The Hall–Kier alpha value is -1.87. The Kier molecular flexibility index (Phi) is 6.38. The largest absolute Gasteiger partial charge is 0.507 e. The molecular weight excluding hydrogens is 320 g/mol. The van der Waals surface area contributed by atoms with Crippen LogP contribution in [0.15, 0.2) is 46.6 Å². The van der Waals surface area contributed by atoms with Gasteiger partial charge in [-0.1, -0.05) is 39.3 Å². The maximum atomic E-state index is 10.6. The van der Waals surface area contributed by atoms with Crippen molar-refractivity contribution in [2.45, 2.75) is 52.4 Å².